The number of aliphatic hydroxyl groups excluding tert-OH is 1. The Morgan fingerprint density at radius 3 is 2.38 bits per heavy atom. The molecule has 1 saturated carbocycles. The number of benzene rings is 3. The average molecular weight is 658 g/mol. The van der Waals surface area contributed by atoms with Crippen molar-refractivity contribution < 1.29 is 33.3 Å². The molecule has 1 aliphatic carbocycles. The zero-order chi connectivity index (χ0) is 33.7. The van der Waals surface area contributed by atoms with E-state index in [4.69, 9.17) is 14.2 Å². The maximum atomic E-state index is 13.2. The topological polar surface area (TPSA) is 134 Å². The van der Waals surface area contributed by atoms with Gasteiger partial charge < -0.3 is 35.3 Å². The molecule has 3 aromatic carbocycles. The van der Waals surface area contributed by atoms with Crippen molar-refractivity contribution in [2.45, 2.75) is 31.9 Å². The molecule has 1 aromatic heterocycles. The Morgan fingerprint density at radius 2 is 1.71 bits per heavy atom. The first-order valence-corrected chi connectivity index (χ1v) is 16.1. The molecule has 12 heteroatoms. The summed E-state index contributed by atoms with van der Waals surface area (Å²) in [6, 6.07) is 18.1. The molecule has 1 atom stereocenters. The number of aliphatic hydroxyl groups is 1. The van der Waals surface area contributed by atoms with Crippen molar-refractivity contribution in [3.05, 3.63) is 78.7 Å². The number of fused-ring (bicyclic) bond motifs is 1. The summed E-state index contributed by atoms with van der Waals surface area (Å²) >= 11 is 0. The molecular formula is C36H40FN5O6. The molecule has 2 aliphatic rings. The molecule has 48 heavy (non-hydrogen) atoms. The number of piperidine rings is 1. The predicted octanol–water partition coefficient (Wildman–Crippen LogP) is 5.16. The van der Waals surface area contributed by atoms with E-state index in [-0.39, 0.29) is 17.6 Å². The van der Waals surface area contributed by atoms with Crippen LogP contribution in [0.25, 0.3) is 10.9 Å². The average Bonchev–Trinajstić information content (AvgIpc) is 3.92. The van der Waals surface area contributed by atoms with Crippen LogP contribution in [0.15, 0.2) is 72.9 Å². The second-order valence-corrected chi connectivity index (χ2v) is 12.3. The Kier molecular flexibility index (Phi) is 9.93. The first kappa shape index (κ1) is 33.0. The second kappa shape index (κ2) is 14.4. The molecule has 2 fully saturated rings. The van der Waals surface area contributed by atoms with Gasteiger partial charge in [0, 0.05) is 36.1 Å². The van der Waals surface area contributed by atoms with Gasteiger partial charge in [-0.05, 0) is 105 Å². The Labute approximate surface area is 278 Å². The third-order valence-electron chi connectivity index (χ3n) is 9.07. The van der Waals surface area contributed by atoms with Crippen LogP contribution in [0.3, 0.4) is 0 Å². The van der Waals surface area contributed by atoms with Gasteiger partial charge in [-0.2, -0.15) is 0 Å². The fourth-order valence-corrected chi connectivity index (χ4v) is 5.88. The first-order valence-electron chi connectivity index (χ1n) is 16.1. The van der Waals surface area contributed by atoms with Gasteiger partial charge in [0.05, 0.1) is 31.2 Å². The predicted molar refractivity (Wildman–Crippen MR) is 180 cm³/mol. The van der Waals surface area contributed by atoms with Gasteiger partial charge in [-0.15, -0.1) is 0 Å². The molecule has 1 aliphatic heterocycles. The van der Waals surface area contributed by atoms with Crippen LogP contribution in [0.1, 0.15) is 25.7 Å². The number of hydrogen-bond donors (Lipinski definition) is 4. The third kappa shape index (κ3) is 7.61. The Hall–Kier alpha value is -4.94. The highest BCUT2D eigenvalue weighted by atomic mass is 19.1. The summed E-state index contributed by atoms with van der Waals surface area (Å²) in [6.07, 6.45) is 3.52. The van der Waals surface area contributed by atoms with E-state index in [1.54, 1.807) is 50.7 Å². The smallest absolute Gasteiger partial charge is 0.235 e. The van der Waals surface area contributed by atoms with E-state index in [1.807, 2.05) is 12.1 Å². The number of halogens is 1. The van der Waals surface area contributed by atoms with Gasteiger partial charge in [-0.25, -0.2) is 4.39 Å². The van der Waals surface area contributed by atoms with Gasteiger partial charge in [0.2, 0.25) is 11.8 Å². The summed E-state index contributed by atoms with van der Waals surface area (Å²) < 4.78 is 31.4. The number of nitrogens with one attached hydrogen (secondary N) is 3. The molecule has 0 spiro atoms. The van der Waals surface area contributed by atoms with Gasteiger partial charge in [-0.1, -0.05) is 0 Å². The number of carbonyl (C=O) groups is 2. The lowest BCUT2D eigenvalue weighted by molar-refractivity contribution is -0.124. The van der Waals surface area contributed by atoms with Crippen molar-refractivity contribution in [2.24, 2.45) is 11.3 Å². The lowest BCUT2D eigenvalue weighted by Crippen LogP contribution is -2.41. The summed E-state index contributed by atoms with van der Waals surface area (Å²) in [6.45, 7) is 2.67. The molecule has 0 bridgehead atoms. The van der Waals surface area contributed by atoms with Gasteiger partial charge in [0.15, 0.2) is 11.5 Å². The SMILES string of the molecule is CNC(=O)CN1CCC(COc2cc3nccc(Oc4ccc(NC(O)C5(C(=O)Nc6ccc(F)cc6)CC5)cc4)c3cc2OC)CC1. The highest BCUT2D eigenvalue weighted by Crippen LogP contribution is 2.50. The minimum atomic E-state index is -1.11. The van der Waals surface area contributed by atoms with Crippen molar-refractivity contribution in [3.8, 4) is 23.0 Å². The number of likely N-dealkylation sites (tertiary alicyclic amines) is 1. The van der Waals surface area contributed by atoms with E-state index in [2.05, 4.69) is 25.8 Å². The van der Waals surface area contributed by atoms with E-state index in [0.717, 1.165) is 31.3 Å². The van der Waals surface area contributed by atoms with Gasteiger partial charge in [0.1, 0.15) is 23.5 Å². The van der Waals surface area contributed by atoms with E-state index in [1.165, 1.54) is 24.3 Å². The van der Waals surface area contributed by atoms with E-state index < -0.39 is 11.6 Å². The molecule has 6 rings (SSSR count). The number of carbonyl (C=O) groups excluding carboxylic acids is 2. The fraction of sp³-hybridized carbons (Fsp3) is 0.361. The Morgan fingerprint density at radius 1 is 1.00 bits per heavy atom. The molecule has 252 valence electrons. The van der Waals surface area contributed by atoms with Crippen molar-refractivity contribution in [1.82, 2.24) is 15.2 Å². The number of methoxy groups -OCH3 is 1. The number of hydrogen-bond acceptors (Lipinski definition) is 9. The van der Waals surface area contributed by atoms with E-state index >= 15 is 0 Å². The molecule has 4 N–H and O–H groups in total. The van der Waals surface area contributed by atoms with Crippen molar-refractivity contribution in [3.63, 3.8) is 0 Å². The Balaban J connectivity index is 1.06. The maximum absolute atomic E-state index is 13.2. The van der Waals surface area contributed by atoms with Crippen LogP contribution in [-0.4, -0.2) is 73.4 Å². The van der Waals surface area contributed by atoms with Crippen LogP contribution in [-0.2, 0) is 9.59 Å². The summed E-state index contributed by atoms with van der Waals surface area (Å²) in [5.41, 5.74) is 0.820. The number of rotatable bonds is 13. The highest BCUT2D eigenvalue weighted by Gasteiger charge is 2.55. The number of likely N-dealkylation sites (N-methyl/N-ethyl adjacent to an activating group) is 1. The van der Waals surface area contributed by atoms with Crippen molar-refractivity contribution >= 4 is 34.1 Å². The zero-order valence-electron chi connectivity index (χ0n) is 27.0. The lowest BCUT2D eigenvalue weighted by Gasteiger charge is -2.31. The number of amides is 2. The van der Waals surface area contributed by atoms with Crippen LogP contribution in [0.2, 0.25) is 0 Å². The number of anilines is 2. The summed E-state index contributed by atoms with van der Waals surface area (Å²) in [5, 5.41) is 20.2. The zero-order valence-corrected chi connectivity index (χ0v) is 27.0. The number of aromatic nitrogens is 1. The summed E-state index contributed by atoms with van der Waals surface area (Å²) in [4.78, 5) is 31.3. The van der Waals surface area contributed by atoms with Crippen molar-refractivity contribution in [1.29, 1.82) is 0 Å². The van der Waals surface area contributed by atoms with Crippen LogP contribution >= 0.6 is 0 Å². The van der Waals surface area contributed by atoms with E-state index in [0.29, 0.717) is 71.8 Å². The third-order valence-corrected chi connectivity index (χ3v) is 9.07. The molecular weight excluding hydrogens is 617 g/mol. The fourth-order valence-electron chi connectivity index (χ4n) is 5.88. The first-order chi connectivity index (χ1) is 23.3. The molecule has 11 nitrogen and oxygen atoms in total. The molecule has 1 unspecified atom stereocenters. The van der Waals surface area contributed by atoms with Crippen LogP contribution in [0, 0.1) is 17.2 Å². The van der Waals surface area contributed by atoms with Gasteiger partial charge in [0.25, 0.3) is 0 Å². The number of ether oxygens (including phenoxy) is 3. The summed E-state index contributed by atoms with van der Waals surface area (Å²) in [5.74, 6) is 2.03. The molecule has 2 heterocycles. The van der Waals surface area contributed by atoms with Gasteiger partial charge >= 0.3 is 0 Å². The second-order valence-electron chi connectivity index (χ2n) is 12.3. The minimum absolute atomic E-state index is 0.0286. The Bertz CT molecular complexity index is 1740. The van der Waals surface area contributed by atoms with E-state index in [9.17, 15) is 19.1 Å². The molecule has 4 aromatic rings. The largest absolute Gasteiger partial charge is 0.493 e. The monoisotopic (exact) mass is 657 g/mol. The van der Waals surface area contributed by atoms with Crippen LogP contribution in [0.5, 0.6) is 23.0 Å². The highest BCUT2D eigenvalue weighted by molar-refractivity contribution is 5.98. The quantitative estimate of drug-likeness (QED) is 0.144. The molecule has 1 saturated heterocycles. The van der Waals surface area contributed by atoms with Gasteiger partial charge in [-0.3, -0.25) is 19.5 Å². The van der Waals surface area contributed by atoms with Crippen LogP contribution in [0.4, 0.5) is 15.8 Å². The molecule has 0 radical (unpaired) electrons. The maximum Gasteiger partial charge on any atom is 0.235 e. The van der Waals surface area contributed by atoms with Crippen molar-refractivity contribution in [2.75, 3.05) is 51.0 Å². The minimum Gasteiger partial charge on any atom is -0.493 e. The lowest BCUT2D eigenvalue weighted by atomic mass is 9.98. The molecule has 2 amide bonds. The standard InChI is InChI=1S/C36H40FN5O6/c1-38-33(43)21-42-17-12-23(13-18-42)22-47-32-20-29-28(19-31(32)46-2)30(11-16-39-29)48-27-9-7-26(8-10-27)41-35(45)36(14-15-36)34(44)40-25-5-3-24(37)4-6-25/h3-11,16,19-20,23,35,41,45H,12-15,17-18,21-22H2,1-2H3,(H,38,43)(H,40,44). The van der Waals surface area contributed by atoms with Crippen LogP contribution < -0.4 is 30.2 Å². The number of pyridine rings is 1. The normalized spacial score (nSPS) is 16.5. The number of nitrogens with zero attached hydrogens (tertiary/aromatic N) is 2. The summed E-state index contributed by atoms with van der Waals surface area (Å²) in [7, 11) is 3.25.